The van der Waals surface area contributed by atoms with Crippen LogP contribution in [0.15, 0.2) is 76.5 Å². The number of carbonyl (C=O) groups is 1. The zero-order valence-corrected chi connectivity index (χ0v) is 18.5. The fourth-order valence-corrected chi connectivity index (χ4v) is 4.33. The number of thioether (sulfide) groups is 1. The highest BCUT2D eigenvalue weighted by molar-refractivity contribution is 7.98. The molecule has 0 saturated carbocycles. The molecule has 0 saturated heterocycles. The van der Waals surface area contributed by atoms with Gasteiger partial charge in [0.05, 0.1) is 4.90 Å². The quantitative estimate of drug-likeness (QED) is 0.477. The molecule has 0 atom stereocenters. The van der Waals surface area contributed by atoms with Crippen molar-refractivity contribution < 1.29 is 22.3 Å². The Balaban J connectivity index is 1.63. The number of aryl methyl sites for hydroxylation is 1. The lowest BCUT2D eigenvalue weighted by molar-refractivity contribution is -0.118. The molecule has 0 heterocycles. The molecule has 3 rings (SSSR count). The molecule has 0 aromatic heterocycles. The van der Waals surface area contributed by atoms with Crippen molar-refractivity contribution in [2.45, 2.75) is 16.7 Å². The van der Waals surface area contributed by atoms with Gasteiger partial charge in [-0.2, -0.15) is 0 Å². The number of carbonyl (C=O) groups excluding carboxylic acids is 1. The maximum Gasteiger partial charge on any atom is 0.262 e. The van der Waals surface area contributed by atoms with Crippen LogP contribution in [-0.4, -0.2) is 27.2 Å². The largest absolute Gasteiger partial charge is 0.483 e. The number of nitrogens with one attached hydrogen (secondary N) is 2. The first-order valence-electron chi connectivity index (χ1n) is 9.22. The second kappa shape index (κ2) is 9.84. The first-order chi connectivity index (χ1) is 14.8. The molecule has 2 N–H and O–H groups in total. The molecule has 0 bridgehead atoms. The summed E-state index contributed by atoms with van der Waals surface area (Å²) >= 11 is 1.57. The number of halogens is 1. The van der Waals surface area contributed by atoms with Crippen LogP contribution in [0.2, 0.25) is 0 Å². The van der Waals surface area contributed by atoms with E-state index in [1.54, 1.807) is 24.8 Å². The van der Waals surface area contributed by atoms with Gasteiger partial charge < -0.3 is 10.1 Å². The molecule has 0 aliphatic carbocycles. The normalized spacial score (nSPS) is 11.1. The Bertz CT molecular complexity index is 1180. The van der Waals surface area contributed by atoms with Crippen molar-refractivity contribution in [3.05, 3.63) is 78.1 Å². The summed E-state index contributed by atoms with van der Waals surface area (Å²) in [6, 6.07) is 16.8. The number of ether oxygens (including phenoxy) is 1. The van der Waals surface area contributed by atoms with Gasteiger partial charge in [0.2, 0.25) is 0 Å². The lowest BCUT2D eigenvalue weighted by Crippen LogP contribution is -2.20. The number of hydrogen-bond acceptors (Lipinski definition) is 5. The summed E-state index contributed by atoms with van der Waals surface area (Å²) in [5.74, 6) is -0.387. The SMILES string of the molecule is CSc1cccc(NC(=O)COc2ccc(S(=O)(=O)Nc3ccc(F)cc3)cc2C)c1. The number of hydrogen-bond donors (Lipinski definition) is 2. The fourth-order valence-electron chi connectivity index (χ4n) is 2.72. The minimum atomic E-state index is -3.85. The zero-order chi connectivity index (χ0) is 22.4. The van der Waals surface area contributed by atoms with Gasteiger partial charge in [-0.3, -0.25) is 9.52 Å². The van der Waals surface area contributed by atoms with Crippen LogP contribution < -0.4 is 14.8 Å². The number of amides is 1. The third-order valence-corrected chi connectivity index (χ3v) is 6.37. The molecular weight excluding hydrogens is 439 g/mol. The van der Waals surface area contributed by atoms with E-state index in [1.807, 2.05) is 24.5 Å². The summed E-state index contributed by atoms with van der Waals surface area (Å²) < 4.78 is 46.1. The molecule has 9 heteroatoms. The van der Waals surface area contributed by atoms with E-state index in [-0.39, 0.29) is 23.1 Å². The van der Waals surface area contributed by atoms with Crippen LogP contribution in [0.25, 0.3) is 0 Å². The summed E-state index contributed by atoms with van der Waals surface area (Å²) in [7, 11) is -3.85. The van der Waals surface area contributed by atoms with E-state index in [0.717, 1.165) is 4.90 Å². The van der Waals surface area contributed by atoms with Crippen molar-refractivity contribution in [3.8, 4) is 5.75 Å². The Morgan fingerprint density at radius 3 is 2.45 bits per heavy atom. The standard InChI is InChI=1S/C22H21FN2O4S2/c1-15-12-20(31(27,28)25-17-8-6-16(23)7-9-17)10-11-21(15)29-14-22(26)24-18-4-3-5-19(13-18)30-2/h3-13,25H,14H2,1-2H3,(H,24,26). The van der Waals surface area contributed by atoms with Gasteiger partial charge in [-0.25, -0.2) is 12.8 Å². The third kappa shape index (κ3) is 6.22. The monoisotopic (exact) mass is 460 g/mol. The van der Waals surface area contributed by atoms with Crippen molar-refractivity contribution in [1.82, 2.24) is 0 Å². The highest BCUT2D eigenvalue weighted by Crippen LogP contribution is 2.24. The van der Waals surface area contributed by atoms with Gasteiger partial charge in [0.25, 0.3) is 15.9 Å². The van der Waals surface area contributed by atoms with Crippen LogP contribution in [0, 0.1) is 12.7 Å². The lowest BCUT2D eigenvalue weighted by Gasteiger charge is -2.12. The maximum absolute atomic E-state index is 13.0. The minimum Gasteiger partial charge on any atom is -0.483 e. The molecular formula is C22H21FN2O4S2. The number of sulfonamides is 1. The molecule has 3 aromatic carbocycles. The Morgan fingerprint density at radius 2 is 1.77 bits per heavy atom. The van der Waals surface area contributed by atoms with Crippen LogP contribution in [-0.2, 0) is 14.8 Å². The van der Waals surface area contributed by atoms with E-state index < -0.39 is 15.8 Å². The fraction of sp³-hybridized carbons (Fsp3) is 0.136. The Morgan fingerprint density at radius 1 is 1.03 bits per heavy atom. The van der Waals surface area contributed by atoms with Crippen LogP contribution in [0.3, 0.4) is 0 Å². The average molecular weight is 461 g/mol. The van der Waals surface area contributed by atoms with E-state index in [1.165, 1.54) is 42.5 Å². The topological polar surface area (TPSA) is 84.5 Å². The molecule has 6 nitrogen and oxygen atoms in total. The van der Waals surface area contributed by atoms with Crippen LogP contribution in [0.4, 0.5) is 15.8 Å². The van der Waals surface area contributed by atoms with Gasteiger partial charge >= 0.3 is 0 Å². The molecule has 0 radical (unpaired) electrons. The van der Waals surface area contributed by atoms with E-state index in [9.17, 15) is 17.6 Å². The lowest BCUT2D eigenvalue weighted by atomic mass is 10.2. The number of rotatable bonds is 8. The molecule has 0 fully saturated rings. The van der Waals surface area contributed by atoms with E-state index in [4.69, 9.17) is 4.74 Å². The van der Waals surface area contributed by atoms with Gasteiger partial charge in [0.1, 0.15) is 11.6 Å². The van der Waals surface area contributed by atoms with Gasteiger partial charge in [-0.15, -0.1) is 11.8 Å². The second-order valence-corrected chi connectivity index (χ2v) is 9.17. The van der Waals surface area contributed by atoms with Crippen LogP contribution in [0.5, 0.6) is 5.75 Å². The minimum absolute atomic E-state index is 0.0278. The van der Waals surface area contributed by atoms with Crippen molar-refractivity contribution in [2.24, 2.45) is 0 Å². The first kappa shape index (κ1) is 22.6. The number of anilines is 2. The van der Waals surface area contributed by atoms with Crippen molar-refractivity contribution in [2.75, 3.05) is 22.9 Å². The highest BCUT2D eigenvalue weighted by atomic mass is 32.2. The van der Waals surface area contributed by atoms with E-state index in [0.29, 0.717) is 17.0 Å². The van der Waals surface area contributed by atoms with E-state index in [2.05, 4.69) is 10.0 Å². The molecule has 31 heavy (non-hydrogen) atoms. The molecule has 0 aliphatic rings. The van der Waals surface area contributed by atoms with Crippen molar-refractivity contribution in [3.63, 3.8) is 0 Å². The summed E-state index contributed by atoms with van der Waals surface area (Å²) in [6.07, 6.45) is 1.95. The number of benzene rings is 3. The molecule has 0 aliphatic heterocycles. The molecule has 1 amide bonds. The molecule has 162 valence electrons. The maximum atomic E-state index is 13.0. The Labute approximate surface area is 184 Å². The predicted molar refractivity (Wildman–Crippen MR) is 121 cm³/mol. The third-order valence-electron chi connectivity index (χ3n) is 4.27. The summed E-state index contributed by atoms with van der Waals surface area (Å²) in [5, 5.41) is 2.76. The van der Waals surface area contributed by atoms with Gasteiger partial charge in [0, 0.05) is 16.3 Å². The second-order valence-electron chi connectivity index (χ2n) is 6.61. The molecule has 0 unspecified atom stereocenters. The van der Waals surface area contributed by atoms with E-state index >= 15 is 0 Å². The smallest absolute Gasteiger partial charge is 0.262 e. The summed E-state index contributed by atoms with van der Waals surface area (Å²) in [6.45, 7) is 1.47. The van der Waals surface area contributed by atoms with Crippen molar-refractivity contribution >= 4 is 39.1 Å². The van der Waals surface area contributed by atoms with Crippen LogP contribution in [0.1, 0.15) is 5.56 Å². The Kier molecular flexibility index (Phi) is 7.19. The molecule has 3 aromatic rings. The highest BCUT2D eigenvalue weighted by Gasteiger charge is 2.16. The summed E-state index contributed by atoms with van der Waals surface area (Å²) in [4.78, 5) is 13.2. The van der Waals surface area contributed by atoms with Gasteiger partial charge in [-0.1, -0.05) is 6.07 Å². The average Bonchev–Trinajstić information content (AvgIpc) is 2.74. The van der Waals surface area contributed by atoms with Crippen LogP contribution >= 0.6 is 11.8 Å². The zero-order valence-electron chi connectivity index (χ0n) is 16.9. The first-order valence-corrected chi connectivity index (χ1v) is 11.9. The summed E-state index contributed by atoms with van der Waals surface area (Å²) in [5.41, 5.74) is 1.48. The van der Waals surface area contributed by atoms with Gasteiger partial charge in [0.15, 0.2) is 6.61 Å². The Hall–Kier alpha value is -3.04. The molecule has 0 spiro atoms. The van der Waals surface area contributed by atoms with Gasteiger partial charge in [-0.05, 0) is 79.4 Å². The van der Waals surface area contributed by atoms with Crippen molar-refractivity contribution in [1.29, 1.82) is 0 Å². The predicted octanol–water partition coefficient (Wildman–Crippen LogP) is 4.67.